The summed E-state index contributed by atoms with van der Waals surface area (Å²) < 4.78 is 1.72. The zero-order valence-corrected chi connectivity index (χ0v) is 18.9. The number of rotatable bonds is 5. The van der Waals surface area contributed by atoms with Crippen molar-refractivity contribution >= 4 is 41.5 Å². The largest absolute Gasteiger partial charge is 0.356 e. The van der Waals surface area contributed by atoms with Crippen LogP contribution in [0.4, 0.5) is 5.69 Å². The van der Waals surface area contributed by atoms with E-state index in [1.807, 2.05) is 42.5 Å². The van der Waals surface area contributed by atoms with Crippen LogP contribution in [-0.2, 0) is 11.3 Å². The molecule has 0 spiro atoms. The van der Waals surface area contributed by atoms with E-state index >= 15 is 0 Å². The Bertz CT molecular complexity index is 1000. The van der Waals surface area contributed by atoms with E-state index in [0.29, 0.717) is 25.5 Å². The summed E-state index contributed by atoms with van der Waals surface area (Å²) in [7, 11) is 1.74. The number of aliphatic imine (C=N–C) groups is 1. The van der Waals surface area contributed by atoms with Gasteiger partial charge in [0.05, 0.1) is 5.69 Å². The smallest absolute Gasteiger partial charge is 0.225 e. The predicted octanol–water partition coefficient (Wildman–Crippen LogP) is 2.68. The molecule has 0 radical (unpaired) electrons. The van der Waals surface area contributed by atoms with Gasteiger partial charge < -0.3 is 16.0 Å². The molecule has 0 aliphatic carbocycles. The Balaban J connectivity index is 0.00000256. The number of hydrogen-bond acceptors (Lipinski definition) is 4. The van der Waals surface area contributed by atoms with Crippen LogP contribution < -0.4 is 16.0 Å². The van der Waals surface area contributed by atoms with Gasteiger partial charge in [-0.25, -0.2) is 9.67 Å². The van der Waals surface area contributed by atoms with Crippen LogP contribution >= 0.6 is 24.0 Å². The van der Waals surface area contributed by atoms with Gasteiger partial charge in [0.15, 0.2) is 5.96 Å². The summed E-state index contributed by atoms with van der Waals surface area (Å²) in [5, 5.41) is 13.7. The van der Waals surface area contributed by atoms with Crippen molar-refractivity contribution in [1.82, 2.24) is 25.4 Å². The Morgan fingerprint density at radius 1 is 1.20 bits per heavy atom. The van der Waals surface area contributed by atoms with Gasteiger partial charge in [0.25, 0.3) is 0 Å². The maximum absolute atomic E-state index is 12.0. The van der Waals surface area contributed by atoms with Gasteiger partial charge in [0.2, 0.25) is 5.91 Å². The van der Waals surface area contributed by atoms with Crippen LogP contribution in [0.25, 0.3) is 5.69 Å². The number of hydrogen-bond donors (Lipinski definition) is 3. The number of amides is 1. The summed E-state index contributed by atoms with van der Waals surface area (Å²) in [6.07, 6.45) is 3.65. The molecule has 0 bridgehead atoms. The fraction of sp³-hybridized carbons (Fsp3) is 0.238. The van der Waals surface area contributed by atoms with Crippen molar-refractivity contribution < 1.29 is 4.79 Å². The lowest BCUT2D eigenvalue weighted by Gasteiger charge is -2.26. The summed E-state index contributed by atoms with van der Waals surface area (Å²) in [4.78, 5) is 20.2. The molecular weight excluding hydrogens is 493 g/mol. The number of nitrogens with zero attached hydrogens (tertiary/aromatic N) is 4. The van der Waals surface area contributed by atoms with E-state index in [1.54, 1.807) is 18.1 Å². The molecule has 1 aromatic heterocycles. The van der Waals surface area contributed by atoms with Gasteiger partial charge in [0.1, 0.15) is 12.7 Å². The molecule has 30 heavy (non-hydrogen) atoms. The SMILES string of the molecule is CN=C(NCc1ccc(-n2cncn2)cc1)NCC1CC(=O)Nc2ccccc21.I. The Morgan fingerprint density at radius 3 is 2.73 bits per heavy atom. The number of benzene rings is 2. The second-order valence-corrected chi connectivity index (χ2v) is 6.85. The standard InChI is InChI=1S/C21H23N7O.HI/c1-22-21(24-11-15-6-8-17(9-7-15)28-14-23-13-26-28)25-12-16-10-20(29)27-19-5-3-2-4-18(16)19;/h2-9,13-14,16H,10-12H2,1H3,(H,27,29)(H2,22,24,25);1H. The number of carbonyl (C=O) groups excluding carboxylic acids is 1. The summed E-state index contributed by atoms with van der Waals surface area (Å²) in [6, 6.07) is 16.0. The molecule has 0 saturated carbocycles. The maximum atomic E-state index is 12.0. The molecule has 156 valence electrons. The third-order valence-electron chi connectivity index (χ3n) is 4.93. The average Bonchev–Trinajstić information content (AvgIpc) is 3.29. The van der Waals surface area contributed by atoms with Crippen LogP contribution in [-0.4, -0.2) is 40.2 Å². The molecular formula is C21H24IN7O. The first-order valence-corrected chi connectivity index (χ1v) is 9.50. The normalized spacial score (nSPS) is 15.6. The van der Waals surface area contributed by atoms with Gasteiger partial charge in [-0.2, -0.15) is 5.10 Å². The minimum absolute atomic E-state index is 0. The van der Waals surface area contributed by atoms with Crippen LogP contribution in [0.15, 0.2) is 66.2 Å². The van der Waals surface area contributed by atoms with E-state index in [0.717, 1.165) is 22.5 Å². The van der Waals surface area contributed by atoms with Crippen molar-refractivity contribution in [2.75, 3.05) is 18.9 Å². The van der Waals surface area contributed by atoms with Crippen molar-refractivity contribution in [2.45, 2.75) is 18.9 Å². The van der Waals surface area contributed by atoms with E-state index in [4.69, 9.17) is 0 Å². The molecule has 9 heteroatoms. The molecule has 0 fully saturated rings. The summed E-state index contributed by atoms with van der Waals surface area (Å²) >= 11 is 0. The number of aromatic nitrogens is 3. The molecule has 1 aliphatic heterocycles. The number of halogens is 1. The van der Waals surface area contributed by atoms with Crippen molar-refractivity contribution in [3.05, 3.63) is 72.3 Å². The van der Waals surface area contributed by atoms with E-state index in [9.17, 15) is 4.79 Å². The first-order valence-electron chi connectivity index (χ1n) is 9.50. The van der Waals surface area contributed by atoms with Crippen LogP contribution in [0, 0.1) is 0 Å². The van der Waals surface area contributed by atoms with Gasteiger partial charge in [-0.05, 0) is 29.3 Å². The van der Waals surface area contributed by atoms with E-state index in [-0.39, 0.29) is 35.8 Å². The molecule has 2 heterocycles. The molecule has 4 rings (SSSR count). The predicted molar refractivity (Wildman–Crippen MR) is 127 cm³/mol. The lowest BCUT2D eigenvalue weighted by Crippen LogP contribution is -2.40. The molecule has 1 aliphatic rings. The molecule has 3 aromatic rings. The molecule has 0 saturated heterocycles. The monoisotopic (exact) mass is 517 g/mol. The van der Waals surface area contributed by atoms with Crippen molar-refractivity contribution in [1.29, 1.82) is 0 Å². The number of nitrogens with one attached hydrogen (secondary N) is 3. The topological polar surface area (TPSA) is 96.2 Å². The zero-order valence-electron chi connectivity index (χ0n) is 16.6. The highest BCUT2D eigenvalue weighted by atomic mass is 127. The zero-order chi connectivity index (χ0) is 20.1. The molecule has 1 unspecified atom stereocenters. The summed E-state index contributed by atoms with van der Waals surface area (Å²) in [5.74, 6) is 0.861. The first kappa shape index (κ1) is 21.8. The van der Waals surface area contributed by atoms with Gasteiger partial charge in [0, 0.05) is 38.2 Å². The molecule has 8 nitrogen and oxygen atoms in total. The lowest BCUT2D eigenvalue weighted by atomic mass is 9.90. The minimum atomic E-state index is 0. The van der Waals surface area contributed by atoms with Crippen LogP contribution in [0.1, 0.15) is 23.5 Å². The van der Waals surface area contributed by atoms with E-state index in [2.05, 4.69) is 37.1 Å². The van der Waals surface area contributed by atoms with Gasteiger partial charge in [-0.15, -0.1) is 24.0 Å². The van der Waals surface area contributed by atoms with Crippen LogP contribution in [0.2, 0.25) is 0 Å². The Hall–Kier alpha value is -2.95. The Morgan fingerprint density at radius 2 is 2.00 bits per heavy atom. The third kappa shape index (κ3) is 5.15. The second-order valence-electron chi connectivity index (χ2n) is 6.85. The number of anilines is 1. The first-order chi connectivity index (χ1) is 14.2. The molecule has 1 amide bonds. The highest BCUT2D eigenvalue weighted by molar-refractivity contribution is 14.0. The van der Waals surface area contributed by atoms with Crippen LogP contribution in [0.5, 0.6) is 0 Å². The Kier molecular flexibility index (Phi) is 7.39. The number of guanidine groups is 1. The third-order valence-corrected chi connectivity index (χ3v) is 4.93. The van der Waals surface area contributed by atoms with Gasteiger partial charge in [-0.3, -0.25) is 9.79 Å². The Labute approximate surface area is 192 Å². The number of fused-ring (bicyclic) bond motifs is 1. The number of carbonyl (C=O) groups is 1. The molecule has 2 aromatic carbocycles. The molecule has 1 atom stereocenters. The fourth-order valence-corrected chi connectivity index (χ4v) is 3.42. The maximum Gasteiger partial charge on any atom is 0.225 e. The van der Waals surface area contributed by atoms with Crippen LogP contribution in [0.3, 0.4) is 0 Å². The highest BCUT2D eigenvalue weighted by Crippen LogP contribution is 2.31. The van der Waals surface area contributed by atoms with E-state index < -0.39 is 0 Å². The van der Waals surface area contributed by atoms with Gasteiger partial charge in [-0.1, -0.05) is 30.3 Å². The minimum Gasteiger partial charge on any atom is -0.356 e. The van der Waals surface area contributed by atoms with Crippen molar-refractivity contribution in [3.63, 3.8) is 0 Å². The quantitative estimate of drug-likeness (QED) is 0.275. The van der Waals surface area contributed by atoms with E-state index in [1.165, 1.54) is 6.33 Å². The summed E-state index contributed by atoms with van der Waals surface area (Å²) in [6.45, 7) is 1.27. The average molecular weight is 517 g/mol. The highest BCUT2D eigenvalue weighted by Gasteiger charge is 2.24. The fourth-order valence-electron chi connectivity index (χ4n) is 3.42. The lowest BCUT2D eigenvalue weighted by molar-refractivity contribution is -0.116. The van der Waals surface area contributed by atoms with Crippen molar-refractivity contribution in [3.8, 4) is 5.69 Å². The van der Waals surface area contributed by atoms with Crippen molar-refractivity contribution in [2.24, 2.45) is 4.99 Å². The second kappa shape index (κ2) is 10.2. The van der Waals surface area contributed by atoms with Gasteiger partial charge >= 0.3 is 0 Å². The summed E-state index contributed by atoms with van der Waals surface area (Å²) in [5.41, 5.74) is 4.13. The molecule has 3 N–H and O–H groups in total. The number of para-hydroxylation sites is 1.